The van der Waals surface area contributed by atoms with E-state index in [1.54, 1.807) is 6.20 Å². The van der Waals surface area contributed by atoms with E-state index < -0.39 is 6.10 Å². The van der Waals surface area contributed by atoms with Crippen LogP contribution in [0.2, 0.25) is 0 Å². The zero-order valence-electron chi connectivity index (χ0n) is 14.6. The summed E-state index contributed by atoms with van der Waals surface area (Å²) in [7, 11) is 0. The molecule has 0 amide bonds. The summed E-state index contributed by atoms with van der Waals surface area (Å²) < 4.78 is 11.8. The topological polar surface area (TPSA) is 68.4 Å². The molecular weight excluding hydrogens is 340 g/mol. The van der Waals surface area contributed by atoms with Gasteiger partial charge in [-0.2, -0.15) is 0 Å². The number of hydrogen-bond acceptors (Lipinski definition) is 5. The molecule has 0 aliphatic carbocycles. The maximum atomic E-state index is 10.9. The molecular formula is C22H18N2O3. The molecule has 134 valence electrons. The van der Waals surface area contributed by atoms with Crippen LogP contribution in [0.25, 0.3) is 22.6 Å². The minimum atomic E-state index is -0.613. The van der Waals surface area contributed by atoms with E-state index in [-0.39, 0.29) is 5.92 Å². The number of pyridine rings is 1. The molecule has 5 rings (SSSR count). The van der Waals surface area contributed by atoms with Gasteiger partial charge in [0.15, 0.2) is 5.58 Å². The second-order valence-corrected chi connectivity index (χ2v) is 6.82. The maximum absolute atomic E-state index is 10.9. The number of aliphatic hydroxyl groups is 1. The number of ether oxygens (including phenoxy) is 1. The molecule has 0 saturated heterocycles. The lowest BCUT2D eigenvalue weighted by molar-refractivity contribution is 0.0508. The fourth-order valence-electron chi connectivity index (χ4n) is 3.57. The molecule has 1 aliphatic heterocycles. The quantitative estimate of drug-likeness (QED) is 0.595. The van der Waals surface area contributed by atoms with Crippen LogP contribution in [0.4, 0.5) is 0 Å². The van der Waals surface area contributed by atoms with E-state index in [9.17, 15) is 5.11 Å². The number of aromatic nitrogens is 2. The van der Waals surface area contributed by atoms with E-state index in [4.69, 9.17) is 9.15 Å². The van der Waals surface area contributed by atoms with E-state index in [1.807, 2.05) is 60.8 Å². The monoisotopic (exact) mass is 358 g/mol. The van der Waals surface area contributed by atoms with Gasteiger partial charge in [-0.3, -0.25) is 4.98 Å². The molecule has 4 aromatic rings. The lowest BCUT2D eigenvalue weighted by atomic mass is 9.88. The number of fused-ring (bicyclic) bond motifs is 2. The third kappa shape index (κ3) is 2.96. The van der Waals surface area contributed by atoms with Gasteiger partial charge in [0.25, 0.3) is 0 Å². The number of hydrogen-bond donors (Lipinski definition) is 1. The van der Waals surface area contributed by atoms with Crippen LogP contribution in [0.1, 0.15) is 17.2 Å². The minimum absolute atomic E-state index is 0.0272. The Kier molecular flexibility index (Phi) is 3.87. The van der Waals surface area contributed by atoms with Gasteiger partial charge in [0.05, 0.1) is 12.7 Å². The fourth-order valence-corrected chi connectivity index (χ4v) is 3.57. The standard InChI is InChI=1S/C22H18N2O3/c25-21-16(10-14-4-3-9-23-12-14)13-26-19-8-7-15(11-17(19)21)22-24-18-5-1-2-6-20(18)27-22/h1-9,11-12,16,21,25H,10,13H2/t16-,21-/m1/s1. The minimum Gasteiger partial charge on any atom is -0.493 e. The summed E-state index contributed by atoms with van der Waals surface area (Å²) in [4.78, 5) is 8.70. The number of oxazole rings is 1. The van der Waals surface area contributed by atoms with Crippen molar-refractivity contribution in [2.45, 2.75) is 12.5 Å². The predicted octanol–water partition coefficient (Wildman–Crippen LogP) is 4.17. The second-order valence-electron chi connectivity index (χ2n) is 6.82. The van der Waals surface area contributed by atoms with Crippen LogP contribution in [0.5, 0.6) is 5.75 Å². The molecule has 0 saturated carbocycles. The lowest BCUT2D eigenvalue weighted by Crippen LogP contribution is -2.27. The molecule has 0 fully saturated rings. The molecule has 27 heavy (non-hydrogen) atoms. The van der Waals surface area contributed by atoms with Crippen LogP contribution in [0.3, 0.4) is 0 Å². The molecule has 2 atom stereocenters. The van der Waals surface area contributed by atoms with Crippen molar-refractivity contribution in [3.8, 4) is 17.2 Å². The van der Waals surface area contributed by atoms with Crippen molar-refractivity contribution in [2.75, 3.05) is 6.61 Å². The summed E-state index contributed by atoms with van der Waals surface area (Å²) in [6.45, 7) is 0.477. The number of para-hydroxylation sites is 2. The molecule has 0 spiro atoms. The fraction of sp³-hybridized carbons (Fsp3) is 0.182. The van der Waals surface area contributed by atoms with Crippen molar-refractivity contribution in [3.05, 3.63) is 78.1 Å². The predicted molar refractivity (Wildman–Crippen MR) is 101 cm³/mol. The van der Waals surface area contributed by atoms with Crippen molar-refractivity contribution in [3.63, 3.8) is 0 Å². The molecule has 5 nitrogen and oxygen atoms in total. The van der Waals surface area contributed by atoms with Crippen molar-refractivity contribution in [1.29, 1.82) is 0 Å². The van der Waals surface area contributed by atoms with Crippen molar-refractivity contribution in [2.24, 2.45) is 5.92 Å². The number of rotatable bonds is 3. The van der Waals surface area contributed by atoms with Gasteiger partial charge in [0.2, 0.25) is 5.89 Å². The first-order valence-corrected chi connectivity index (χ1v) is 8.97. The number of benzene rings is 2. The number of nitrogens with zero attached hydrogens (tertiary/aromatic N) is 2. The van der Waals surface area contributed by atoms with Gasteiger partial charge in [-0.05, 0) is 48.4 Å². The van der Waals surface area contributed by atoms with E-state index in [0.29, 0.717) is 24.7 Å². The first kappa shape index (κ1) is 16.0. The van der Waals surface area contributed by atoms with Crippen molar-refractivity contribution >= 4 is 11.1 Å². The van der Waals surface area contributed by atoms with E-state index in [2.05, 4.69) is 9.97 Å². The van der Waals surface area contributed by atoms with E-state index in [0.717, 1.165) is 27.8 Å². The Balaban J connectivity index is 1.47. The molecule has 1 N–H and O–H groups in total. The SMILES string of the molecule is O[C@H]1c2cc(-c3nc4ccccc4o3)ccc2OC[C@H]1Cc1cccnc1. The molecule has 2 aromatic heterocycles. The Hall–Kier alpha value is -3.18. The first-order chi connectivity index (χ1) is 13.3. The highest BCUT2D eigenvalue weighted by Gasteiger charge is 2.30. The van der Waals surface area contributed by atoms with Gasteiger partial charge < -0.3 is 14.3 Å². The zero-order chi connectivity index (χ0) is 18.2. The molecule has 0 radical (unpaired) electrons. The Morgan fingerprint density at radius 2 is 2.00 bits per heavy atom. The van der Waals surface area contributed by atoms with E-state index >= 15 is 0 Å². The maximum Gasteiger partial charge on any atom is 0.227 e. The van der Waals surface area contributed by atoms with Crippen LogP contribution >= 0.6 is 0 Å². The Bertz CT molecular complexity index is 1060. The summed E-state index contributed by atoms with van der Waals surface area (Å²) in [6, 6.07) is 17.3. The van der Waals surface area contributed by atoms with Gasteiger partial charge >= 0.3 is 0 Å². The Morgan fingerprint density at radius 3 is 2.85 bits per heavy atom. The molecule has 3 heterocycles. The van der Waals surface area contributed by atoms with Gasteiger partial charge in [-0.25, -0.2) is 4.98 Å². The van der Waals surface area contributed by atoms with Crippen LogP contribution < -0.4 is 4.74 Å². The average Bonchev–Trinajstić information content (AvgIpc) is 3.15. The average molecular weight is 358 g/mol. The van der Waals surface area contributed by atoms with Crippen molar-refractivity contribution < 1.29 is 14.3 Å². The van der Waals surface area contributed by atoms with E-state index in [1.165, 1.54) is 0 Å². The van der Waals surface area contributed by atoms with Crippen LogP contribution in [0, 0.1) is 5.92 Å². The van der Waals surface area contributed by atoms with Crippen LogP contribution in [-0.4, -0.2) is 21.7 Å². The Labute approximate surface area is 156 Å². The lowest BCUT2D eigenvalue weighted by Gasteiger charge is -2.30. The summed E-state index contributed by atoms with van der Waals surface area (Å²) in [5, 5.41) is 10.9. The largest absolute Gasteiger partial charge is 0.493 e. The third-order valence-electron chi connectivity index (χ3n) is 4.99. The summed E-state index contributed by atoms with van der Waals surface area (Å²) in [6.07, 6.45) is 3.68. The molecule has 5 heteroatoms. The molecule has 1 aliphatic rings. The van der Waals surface area contributed by atoms with Gasteiger partial charge in [0, 0.05) is 29.4 Å². The summed E-state index contributed by atoms with van der Waals surface area (Å²) in [5.74, 6) is 1.23. The normalized spacial score (nSPS) is 18.9. The number of aliphatic hydroxyl groups excluding tert-OH is 1. The summed E-state index contributed by atoms with van der Waals surface area (Å²) >= 11 is 0. The van der Waals surface area contributed by atoms with Crippen molar-refractivity contribution in [1.82, 2.24) is 9.97 Å². The third-order valence-corrected chi connectivity index (χ3v) is 4.99. The van der Waals surface area contributed by atoms with Gasteiger partial charge in [-0.1, -0.05) is 18.2 Å². The molecule has 0 unspecified atom stereocenters. The van der Waals surface area contributed by atoms with Gasteiger partial charge in [0.1, 0.15) is 11.3 Å². The highest BCUT2D eigenvalue weighted by Crippen LogP contribution is 2.39. The first-order valence-electron chi connectivity index (χ1n) is 8.97. The zero-order valence-corrected chi connectivity index (χ0v) is 14.6. The smallest absolute Gasteiger partial charge is 0.227 e. The summed E-state index contributed by atoms with van der Waals surface area (Å²) in [5.41, 5.74) is 4.25. The molecule has 2 aromatic carbocycles. The highest BCUT2D eigenvalue weighted by atomic mass is 16.5. The highest BCUT2D eigenvalue weighted by molar-refractivity contribution is 5.76. The van der Waals surface area contributed by atoms with Crippen LogP contribution in [-0.2, 0) is 6.42 Å². The van der Waals surface area contributed by atoms with Crippen LogP contribution in [0.15, 0.2) is 71.4 Å². The molecule has 0 bridgehead atoms. The Morgan fingerprint density at radius 1 is 1.07 bits per heavy atom. The second kappa shape index (κ2) is 6.52. The van der Waals surface area contributed by atoms with Gasteiger partial charge in [-0.15, -0.1) is 0 Å².